The predicted molar refractivity (Wildman–Crippen MR) is 198 cm³/mol. The molecule has 0 atom stereocenters. The molecule has 5 rings (SSSR count). The number of alkyl halides is 3. The Balaban J connectivity index is 0.000000244. The first-order valence-corrected chi connectivity index (χ1v) is 17.1. The smallest absolute Gasteiger partial charge is 0.416 e. The van der Waals surface area contributed by atoms with E-state index in [0.717, 1.165) is 22.2 Å². The van der Waals surface area contributed by atoms with Gasteiger partial charge in [0.2, 0.25) is 0 Å². The lowest BCUT2D eigenvalue weighted by atomic mass is 10.0. The average molecular weight is 861 g/mol. The van der Waals surface area contributed by atoms with Crippen molar-refractivity contribution in [3.05, 3.63) is 126 Å². The molecule has 0 spiro atoms. The van der Waals surface area contributed by atoms with Crippen LogP contribution in [0.4, 0.5) is 13.2 Å². The number of aromatic hydroxyl groups is 1. The number of methoxy groups -OCH3 is 1. The normalized spacial score (nSPS) is 11.0. The van der Waals surface area contributed by atoms with E-state index in [-0.39, 0.29) is 51.5 Å². The lowest BCUT2D eigenvalue weighted by Gasteiger charge is -2.13. The molecule has 0 saturated carbocycles. The predicted octanol–water partition coefficient (Wildman–Crippen LogP) is 12.5. The number of benzene rings is 5. The summed E-state index contributed by atoms with van der Waals surface area (Å²) in [5.74, 6) is 0.755. The van der Waals surface area contributed by atoms with Gasteiger partial charge in [-0.25, -0.2) is 0 Å². The van der Waals surface area contributed by atoms with Crippen molar-refractivity contribution in [2.24, 2.45) is 0 Å². The van der Waals surface area contributed by atoms with Gasteiger partial charge in [-0.15, -0.1) is 0 Å². The Hall–Kier alpha value is -4.13. The van der Waals surface area contributed by atoms with Crippen LogP contribution < -0.4 is 14.2 Å². The molecule has 0 unspecified atom stereocenters. The Morgan fingerprint density at radius 2 is 1.21 bits per heavy atom. The summed E-state index contributed by atoms with van der Waals surface area (Å²) >= 11 is 28.1. The van der Waals surface area contributed by atoms with E-state index >= 15 is 0 Å². The molecule has 0 aliphatic carbocycles. The highest BCUT2D eigenvalue weighted by Crippen LogP contribution is 2.42. The van der Waals surface area contributed by atoms with Crippen molar-refractivity contribution in [1.29, 1.82) is 0 Å². The van der Waals surface area contributed by atoms with Gasteiger partial charge in [-0.05, 0) is 112 Å². The number of hydrogen-bond donors (Lipinski definition) is 2. The van der Waals surface area contributed by atoms with E-state index in [1.807, 2.05) is 0 Å². The topological polar surface area (TPSA) is 102 Å². The number of Topliss-reactive ketones (excluding diaryl/α,β-unsaturated/α-hetero) is 1. The number of phenolic OH excluding ortho intramolecular Hbond substituents is 1. The van der Waals surface area contributed by atoms with Gasteiger partial charge in [0.1, 0.15) is 28.8 Å². The third-order valence-corrected chi connectivity index (χ3v) is 8.72. The molecule has 0 aromatic heterocycles. The molecular formula is C37H26BrCl4F3O7. The van der Waals surface area contributed by atoms with Gasteiger partial charge in [-0.3, -0.25) is 9.59 Å². The molecule has 52 heavy (non-hydrogen) atoms. The second kappa shape index (κ2) is 17.6. The third kappa shape index (κ3) is 10.9. The first-order chi connectivity index (χ1) is 24.4. The molecule has 0 radical (unpaired) electrons. The number of carboxylic acid groups (broad SMARTS) is 1. The van der Waals surface area contributed by atoms with Gasteiger partial charge < -0.3 is 24.4 Å². The van der Waals surface area contributed by atoms with Gasteiger partial charge in [0.05, 0.1) is 43.7 Å². The number of aliphatic carboxylic acids is 1. The lowest BCUT2D eigenvalue weighted by molar-refractivity contribution is -0.138. The average Bonchev–Trinajstić information content (AvgIpc) is 3.05. The van der Waals surface area contributed by atoms with E-state index < -0.39 is 17.7 Å². The van der Waals surface area contributed by atoms with Gasteiger partial charge in [0.15, 0.2) is 11.5 Å². The Morgan fingerprint density at radius 1 is 0.731 bits per heavy atom. The summed E-state index contributed by atoms with van der Waals surface area (Å²) in [7, 11) is 1.59. The summed E-state index contributed by atoms with van der Waals surface area (Å²) < 4.78 is 55.6. The van der Waals surface area contributed by atoms with E-state index in [2.05, 4.69) is 15.9 Å². The quantitative estimate of drug-likeness (QED) is 0.144. The maximum Gasteiger partial charge on any atom is 0.416 e. The second-order valence-corrected chi connectivity index (χ2v) is 13.5. The molecule has 0 heterocycles. The second-order valence-electron chi connectivity index (χ2n) is 11.0. The Bertz CT molecular complexity index is 2060. The van der Waals surface area contributed by atoms with Gasteiger partial charge in [0, 0.05) is 12.0 Å². The molecule has 7 nitrogen and oxygen atoms in total. The van der Waals surface area contributed by atoms with Crippen LogP contribution in [-0.2, 0) is 28.6 Å². The molecule has 0 aliphatic rings. The van der Waals surface area contributed by atoms with Crippen LogP contribution in [0.25, 0.3) is 11.1 Å². The Morgan fingerprint density at radius 3 is 1.65 bits per heavy atom. The number of hydrogen-bond acceptors (Lipinski definition) is 6. The number of carbonyl (C=O) groups excluding carboxylic acids is 1. The molecule has 5 aromatic carbocycles. The van der Waals surface area contributed by atoms with Crippen molar-refractivity contribution in [3.63, 3.8) is 0 Å². The standard InChI is InChI=1S/C21H13Cl2F3O4.C16H13BrCl2O3/c22-16-7-11(9-19(28)29)8-17(23)20(16)30-14-5-6-18(27)15(10-14)12-1-3-13(4-2-12)21(24,25)26;1-9(20)5-10-6-13(18)16(14(19)7-10)22-11-3-4-15(21-2)12(17)8-11/h1-8,10,27H,9H2,(H,28,29);3-4,6-8H,5H2,1-2H3. The minimum atomic E-state index is -4.47. The highest BCUT2D eigenvalue weighted by atomic mass is 79.9. The molecule has 0 saturated heterocycles. The summed E-state index contributed by atoms with van der Waals surface area (Å²) in [4.78, 5) is 22.0. The van der Waals surface area contributed by atoms with E-state index in [4.69, 9.17) is 65.7 Å². The highest BCUT2D eigenvalue weighted by molar-refractivity contribution is 9.10. The molecule has 0 aliphatic heterocycles. The van der Waals surface area contributed by atoms with Gasteiger partial charge in [-0.2, -0.15) is 13.2 Å². The third-order valence-electron chi connectivity index (χ3n) is 6.98. The number of carbonyl (C=O) groups is 2. The fourth-order valence-corrected chi connectivity index (χ4v) is 6.42. The first kappa shape index (κ1) is 40.6. The van der Waals surface area contributed by atoms with Crippen LogP contribution in [0.1, 0.15) is 23.6 Å². The van der Waals surface area contributed by atoms with Gasteiger partial charge >= 0.3 is 12.1 Å². The zero-order chi connectivity index (χ0) is 38.3. The summed E-state index contributed by atoms with van der Waals surface area (Å²) in [6.07, 6.45) is -4.45. The Kier molecular flexibility index (Phi) is 13.7. The minimum absolute atomic E-state index is 0.0416. The van der Waals surface area contributed by atoms with E-state index in [1.165, 1.54) is 49.4 Å². The lowest BCUT2D eigenvalue weighted by Crippen LogP contribution is -2.04. The van der Waals surface area contributed by atoms with Crippen molar-refractivity contribution in [1.82, 2.24) is 0 Å². The van der Waals surface area contributed by atoms with Crippen LogP contribution in [-0.4, -0.2) is 29.1 Å². The molecule has 2 N–H and O–H groups in total. The fourth-order valence-electron chi connectivity index (χ4n) is 4.68. The maximum atomic E-state index is 12.8. The summed E-state index contributed by atoms with van der Waals surface area (Å²) in [6, 6.07) is 20.0. The molecule has 272 valence electrons. The van der Waals surface area contributed by atoms with Crippen molar-refractivity contribution >= 4 is 74.1 Å². The zero-order valence-electron chi connectivity index (χ0n) is 27.0. The molecular weight excluding hydrogens is 835 g/mol. The summed E-state index contributed by atoms with van der Waals surface area (Å²) in [5, 5.41) is 19.9. The zero-order valence-corrected chi connectivity index (χ0v) is 31.6. The van der Waals surface area contributed by atoms with Crippen LogP contribution in [0, 0.1) is 0 Å². The highest BCUT2D eigenvalue weighted by Gasteiger charge is 2.30. The van der Waals surface area contributed by atoms with Gasteiger partial charge in [-0.1, -0.05) is 58.5 Å². The summed E-state index contributed by atoms with van der Waals surface area (Å²) in [5.41, 5.74) is 0.931. The Labute approximate surface area is 324 Å². The number of ketones is 1. The maximum absolute atomic E-state index is 12.8. The van der Waals surface area contributed by atoms with E-state index in [9.17, 15) is 27.9 Å². The SMILES string of the molecule is COc1ccc(Oc2c(Cl)cc(CC(C)=O)cc2Cl)cc1Br.O=C(O)Cc1cc(Cl)c(Oc2ccc(O)c(-c3ccc(C(F)(F)F)cc3)c2)c(Cl)c1. The largest absolute Gasteiger partial charge is 0.507 e. The molecule has 0 bridgehead atoms. The van der Waals surface area contributed by atoms with Crippen LogP contribution in [0.3, 0.4) is 0 Å². The number of ether oxygens (including phenoxy) is 3. The monoisotopic (exact) mass is 858 g/mol. The molecule has 0 fully saturated rings. The fraction of sp³-hybridized carbons (Fsp3) is 0.135. The van der Waals surface area contributed by atoms with Crippen molar-refractivity contribution in [2.75, 3.05) is 7.11 Å². The van der Waals surface area contributed by atoms with Crippen LogP contribution in [0.2, 0.25) is 20.1 Å². The minimum Gasteiger partial charge on any atom is -0.507 e. The van der Waals surface area contributed by atoms with Crippen molar-refractivity contribution < 1.29 is 47.2 Å². The van der Waals surface area contributed by atoms with Crippen LogP contribution in [0.15, 0.2) is 89.4 Å². The van der Waals surface area contributed by atoms with E-state index in [0.29, 0.717) is 38.4 Å². The number of rotatable bonds is 10. The molecule has 15 heteroatoms. The molecule has 0 amide bonds. The van der Waals surface area contributed by atoms with Gasteiger partial charge in [0.25, 0.3) is 0 Å². The van der Waals surface area contributed by atoms with Crippen molar-refractivity contribution in [3.8, 4) is 45.6 Å². The summed E-state index contributed by atoms with van der Waals surface area (Å²) in [6.45, 7) is 1.51. The molecule has 5 aromatic rings. The first-order valence-electron chi connectivity index (χ1n) is 14.8. The van der Waals surface area contributed by atoms with Crippen LogP contribution in [0.5, 0.6) is 34.5 Å². The van der Waals surface area contributed by atoms with E-state index in [1.54, 1.807) is 37.4 Å². The van der Waals surface area contributed by atoms with Crippen LogP contribution >= 0.6 is 62.3 Å². The number of halogens is 8. The number of phenols is 1. The number of carboxylic acids is 1. The van der Waals surface area contributed by atoms with Crippen molar-refractivity contribution in [2.45, 2.75) is 25.9 Å².